The van der Waals surface area contributed by atoms with Crippen molar-refractivity contribution < 1.29 is 19.4 Å². The Morgan fingerprint density at radius 3 is 2.50 bits per heavy atom. The highest BCUT2D eigenvalue weighted by molar-refractivity contribution is 5.51. The van der Waals surface area contributed by atoms with Crippen LogP contribution < -0.4 is 0 Å². The SMILES string of the molecule is Cc1cc(C2(N=C=O)CCCC2)c(F)c(O)c1O. The molecule has 0 aliphatic heterocycles. The van der Waals surface area contributed by atoms with Crippen molar-refractivity contribution in [3.8, 4) is 11.5 Å². The van der Waals surface area contributed by atoms with Gasteiger partial charge in [0.2, 0.25) is 6.08 Å². The van der Waals surface area contributed by atoms with Crippen molar-refractivity contribution in [1.29, 1.82) is 0 Å². The Balaban J connectivity index is 2.66. The summed E-state index contributed by atoms with van der Waals surface area (Å²) < 4.78 is 14.1. The number of aromatic hydroxyl groups is 2. The standard InChI is InChI=1S/C13H14FNO3/c1-8-6-9(10(14)12(18)11(8)17)13(15-7-16)4-2-3-5-13/h6,17-18H,2-5H2,1H3. The van der Waals surface area contributed by atoms with E-state index in [0.717, 1.165) is 12.8 Å². The molecule has 1 aliphatic rings. The first-order valence-electron chi connectivity index (χ1n) is 5.82. The van der Waals surface area contributed by atoms with Gasteiger partial charge in [0.05, 0.1) is 0 Å². The Morgan fingerprint density at radius 1 is 1.33 bits per heavy atom. The highest BCUT2D eigenvalue weighted by atomic mass is 19.1. The number of phenolic OH excluding ortho intramolecular Hbond substituents is 2. The number of nitrogens with zero attached hydrogens (tertiary/aromatic N) is 1. The molecule has 0 unspecified atom stereocenters. The Hall–Kier alpha value is -1.87. The fourth-order valence-electron chi connectivity index (χ4n) is 2.59. The zero-order valence-electron chi connectivity index (χ0n) is 10.0. The van der Waals surface area contributed by atoms with Crippen LogP contribution in [0.4, 0.5) is 4.39 Å². The molecule has 0 aromatic heterocycles. The average Bonchev–Trinajstić information content (AvgIpc) is 2.81. The lowest BCUT2D eigenvalue weighted by molar-refractivity contribution is 0.360. The average molecular weight is 251 g/mol. The molecule has 2 rings (SSSR count). The monoisotopic (exact) mass is 251 g/mol. The lowest BCUT2D eigenvalue weighted by atomic mass is 9.87. The number of benzene rings is 1. The molecule has 1 fully saturated rings. The van der Waals surface area contributed by atoms with Crippen LogP contribution in [0.15, 0.2) is 11.1 Å². The number of rotatable bonds is 2. The van der Waals surface area contributed by atoms with E-state index in [1.807, 2.05) is 0 Å². The summed E-state index contributed by atoms with van der Waals surface area (Å²) in [5, 5.41) is 19.0. The molecule has 0 amide bonds. The quantitative estimate of drug-likeness (QED) is 0.482. The van der Waals surface area contributed by atoms with Crippen molar-refractivity contribution in [3.05, 3.63) is 23.0 Å². The molecule has 96 valence electrons. The molecule has 5 heteroatoms. The van der Waals surface area contributed by atoms with Crippen LogP contribution in [-0.2, 0) is 10.3 Å². The summed E-state index contributed by atoms with van der Waals surface area (Å²) in [6.07, 6.45) is 4.26. The van der Waals surface area contributed by atoms with Crippen LogP contribution in [0.5, 0.6) is 11.5 Å². The van der Waals surface area contributed by atoms with Gasteiger partial charge in [0, 0.05) is 5.56 Å². The van der Waals surface area contributed by atoms with Gasteiger partial charge in [0.25, 0.3) is 0 Å². The van der Waals surface area contributed by atoms with Crippen LogP contribution in [0.1, 0.15) is 36.8 Å². The van der Waals surface area contributed by atoms with Crippen LogP contribution in [0, 0.1) is 12.7 Å². The van der Waals surface area contributed by atoms with Crippen molar-refractivity contribution in [2.24, 2.45) is 4.99 Å². The Kier molecular flexibility index (Phi) is 3.09. The summed E-state index contributed by atoms with van der Waals surface area (Å²) in [7, 11) is 0. The first-order chi connectivity index (χ1) is 8.52. The summed E-state index contributed by atoms with van der Waals surface area (Å²) >= 11 is 0. The molecular formula is C13H14FNO3. The van der Waals surface area contributed by atoms with Gasteiger partial charge < -0.3 is 10.2 Å². The number of isocyanates is 1. The zero-order chi connectivity index (χ0) is 13.3. The molecule has 0 heterocycles. The number of phenols is 2. The maximum Gasteiger partial charge on any atom is 0.235 e. The van der Waals surface area contributed by atoms with E-state index in [-0.39, 0.29) is 5.56 Å². The minimum atomic E-state index is -0.943. The van der Waals surface area contributed by atoms with Crippen LogP contribution in [0.25, 0.3) is 0 Å². The van der Waals surface area contributed by atoms with Gasteiger partial charge in [-0.05, 0) is 31.4 Å². The molecule has 0 bridgehead atoms. The minimum Gasteiger partial charge on any atom is -0.504 e. The van der Waals surface area contributed by atoms with Crippen LogP contribution in [-0.4, -0.2) is 16.3 Å². The van der Waals surface area contributed by atoms with Gasteiger partial charge in [-0.2, -0.15) is 4.99 Å². The van der Waals surface area contributed by atoms with E-state index in [1.54, 1.807) is 6.92 Å². The van der Waals surface area contributed by atoms with E-state index in [0.29, 0.717) is 18.4 Å². The fourth-order valence-corrected chi connectivity index (χ4v) is 2.59. The second-order valence-electron chi connectivity index (χ2n) is 4.69. The topological polar surface area (TPSA) is 69.9 Å². The molecule has 2 N–H and O–H groups in total. The van der Waals surface area contributed by atoms with E-state index in [9.17, 15) is 19.4 Å². The van der Waals surface area contributed by atoms with Crippen molar-refractivity contribution in [2.45, 2.75) is 38.1 Å². The summed E-state index contributed by atoms with van der Waals surface area (Å²) in [4.78, 5) is 14.3. The number of halogens is 1. The fraction of sp³-hybridized carbons (Fsp3) is 0.462. The first-order valence-corrected chi connectivity index (χ1v) is 5.82. The van der Waals surface area contributed by atoms with E-state index < -0.39 is 22.9 Å². The number of hydrogen-bond donors (Lipinski definition) is 2. The van der Waals surface area contributed by atoms with Crippen molar-refractivity contribution in [2.75, 3.05) is 0 Å². The van der Waals surface area contributed by atoms with Crippen LogP contribution >= 0.6 is 0 Å². The van der Waals surface area contributed by atoms with E-state index in [1.165, 1.54) is 12.1 Å². The van der Waals surface area contributed by atoms with E-state index >= 15 is 0 Å². The number of aliphatic imine (C=N–C) groups is 1. The lowest BCUT2D eigenvalue weighted by Gasteiger charge is -2.24. The van der Waals surface area contributed by atoms with Crippen LogP contribution in [0.3, 0.4) is 0 Å². The summed E-state index contributed by atoms with van der Waals surface area (Å²) in [6.45, 7) is 1.56. The molecule has 0 atom stereocenters. The second kappa shape index (κ2) is 4.42. The smallest absolute Gasteiger partial charge is 0.235 e. The Morgan fingerprint density at radius 2 is 1.94 bits per heavy atom. The largest absolute Gasteiger partial charge is 0.504 e. The summed E-state index contributed by atoms with van der Waals surface area (Å²) in [6, 6.07) is 1.44. The Bertz CT molecular complexity index is 530. The van der Waals surface area contributed by atoms with Crippen molar-refractivity contribution in [1.82, 2.24) is 0 Å². The summed E-state index contributed by atoms with van der Waals surface area (Å²) in [5.74, 6) is -2.16. The molecule has 0 radical (unpaired) electrons. The van der Waals surface area contributed by atoms with E-state index in [4.69, 9.17) is 0 Å². The summed E-state index contributed by atoms with van der Waals surface area (Å²) in [5.41, 5.74) is -0.422. The third-order valence-corrected chi connectivity index (χ3v) is 3.59. The molecule has 1 aromatic carbocycles. The number of carbonyl (C=O) groups excluding carboxylic acids is 1. The van der Waals surface area contributed by atoms with Gasteiger partial charge in [0.15, 0.2) is 17.3 Å². The third kappa shape index (κ3) is 1.77. The van der Waals surface area contributed by atoms with Gasteiger partial charge in [0.1, 0.15) is 5.54 Å². The van der Waals surface area contributed by atoms with E-state index in [2.05, 4.69) is 4.99 Å². The van der Waals surface area contributed by atoms with Gasteiger partial charge in [-0.25, -0.2) is 9.18 Å². The highest BCUT2D eigenvalue weighted by Gasteiger charge is 2.39. The highest BCUT2D eigenvalue weighted by Crippen LogP contribution is 2.46. The van der Waals surface area contributed by atoms with Crippen molar-refractivity contribution >= 4 is 6.08 Å². The molecular weight excluding hydrogens is 237 g/mol. The molecule has 4 nitrogen and oxygen atoms in total. The predicted molar refractivity (Wildman–Crippen MR) is 62.7 cm³/mol. The Labute approximate surface area is 104 Å². The maximum atomic E-state index is 14.1. The first kappa shape index (κ1) is 12.6. The number of hydrogen-bond acceptors (Lipinski definition) is 4. The normalized spacial score (nSPS) is 17.4. The van der Waals surface area contributed by atoms with Crippen LogP contribution in [0.2, 0.25) is 0 Å². The minimum absolute atomic E-state index is 0.163. The third-order valence-electron chi connectivity index (χ3n) is 3.59. The zero-order valence-corrected chi connectivity index (χ0v) is 10.0. The van der Waals surface area contributed by atoms with Gasteiger partial charge >= 0.3 is 0 Å². The molecule has 18 heavy (non-hydrogen) atoms. The second-order valence-corrected chi connectivity index (χ2v) is 4.69. The molecule has 0 saturated heterocycles. The molecule has 1 aromatic rings. The maximum absolute atomic E-state index is 14.1. The predicted octanol–water partition coefficient (Wildman–Crippen LogP) is 2.65. The van der Waals surface area contributed by atoms with Gasteiger partial charge in [-0.15, -0.1) is 0 Å². The van der Waals surface area contributed by atoms with Gasteiger partial charge in [-0.3, -0.25) is 0 Å². The number of aryl methyl sites for hydroxylation is 1. The van der Waals surface area contributed by atoms with Crippen molar-refractivity contribution in [3.63, 3.8) is 0 Å². The molecule has 0 spiro atoms. The van der Waals surface area contributed by atoms with Gasteiger partial charge in [-0.1, -0.05) is 12.8 Å². The molecule has 1 saturated carbocycles. The lowest BCUT2D eigenvalue weighted by Crippen LogP contribution is -2.21. The molecule has 1 aliphatic carbocycles.